The molecule has 144 valence electrons. The highest BCUT2D eigenvalue weighted by molar-refractivity contribution is 7.92. The zero-order chi connectivity index (χ0) is 20.0. The fraction of sp³-hybridized carbons (Fsp3) is 0.250. The predicted octanol–water partition coefficient (Wildman–Crippen LogP) is 3.35. The second-order valence-electron chi connectivity index (χ2n) is 6.19. The average Bonchev–Trinajstić information content (AvgIpc) is 2.59. The van der Waals surface area contributed by atoms with Gasteiger partial charge >= 0.3 is 0 Å². The first-order chi connectivity index (χ1) is 12.7. The van der Waals surface area contributed by atoms with Crippen molar-refractivity contribution in [3.05, 3.63) is 66.7 Å². The van der Waals surface area contributed by atoms with Gasteiger partial charge in [-0.15, -0.1) is 0 Å². The number of rotatable bonds is 8. The van der Waals surface area contributed by atoms with Crippen LogP contribution in [0.5, 0.6) is 5.75 Å². The minimum atomic E-state index is -3.65. The lowest BCUT2D eigenvalue weighted by Crippen LogP contribution is -2.45. The summed E-state index contributed by atoms with van der Waals surface area (Å²) in [4.78, 5) is 12.7. The van der Waals surface area contributed by atoms with E-state index in [9.17, 15) is 13.2 Å². The van der Waals surface area contributed by atoms with Crippen molar-refractivity contribution in [2.75, 3.05) is 22.5 Å². The first-order valence-electron chi connectivity index (χ1n) is 8.43. The lowest BCUT2D eigenvalue weighted by molar-refractivity contribution is -0.116. The molecule has 0 aliphatic heterocycles. The van der Waals surface area contributed by atoms with Gasteiger partial charge in [0.2, 0.25) is 15.9 Å². The van der Waals surface area contributed by atoms with Crippen molar-refractivity contribution in [1.82, 2.24) is 0 Å². The molecule has 0 spiro atoms. The summed E-state index contributed by atoms with van der Waals surface area (Å²) in [7, 11) is -3.65. The molecule has 2 aromatic rings. The van der Waals surface area contributed by atoms with Crippen LogP contribution in [0, 0.1) is 6.92 Å². The number of carbonyl (C=O) groups excluding carboxylic acids is 1. The molecule has 0 aliphatic carbocycles. The molecule has 1 amide bonds. The summed E-state index contributed by atoms with van der Waals surface area (Å²) >= 11 is 0. The summed E-state index contributed by atoms with van der Waals surface area (Å²) in [6.07, 6.45) is 2.71. The van der Waals surface area contributed by atoms with E-state index < -0.39 is 22.0 Å². The highest BCUT2D eigenvalue weighted by atomic mass is 32.2. The number of nitrogens with one attached hydrogen (secondary N) is 1. The van der Waals surface area contributed by atoms with Crippen LogP contribution in [0.1, 0.15) is 12.5 Å². The zero-order valence-electron chi connectivity index (χ0n) is 15.7. The lowest BCUT2D eigenvalue weighted by atomic mass is 10.2. The van der Waals surface area contributed by atoms with Gasteiger partial charge in [0.25, 0.3) is 0 Å². The largest absolute Gasteiger partial charge is 0.489 e. The third kappa shape index (κ3) is 5.59. The van der Waals surface area contributed by atoms with Crippen LogP contribution in [0.4, 0.5) is 11.4 Å². The van der Waals surface area contributed by atoms with E-state index in [-0.39, 0.29) is 0 Å². The number of aryl methyl sites for hydroxylation is 1. The van der Waals surface area contributed by atoms with Gasteiger partial charge in [0, 0.05) is 11.8 Å². The Morgan fingerprint density at radius 2 is 1.96 bits per heavy atom. The van der Waals surface area contributed by atoms with Crippen LogP contribution in [0.2, 0.25) is 0 Å². The van der Waals surface area contributed by atoms with Gasteiger partial charge in [-0.3, -0.25) is 9.10 Å². The Morgan fingerprint density at radius 1 is 1.26 bits per heavy atom. The summed E-state index contributed by atoms with van der Waals surface area (Å²) in [6, 6.07) is 13.0. The predicted molar refractivity (Wildman–Crippen MR) is 109 cm³/mol. The summed E-state index contributed by atoms with van der Waals surface area (Å²) < 4.78 is 31.2. The summed E-state index contributed by atoms with van der Waals surface area (Å²) in [5, 5.41) is 2.74. The van der Waals surface area contributed by atoms with Gasteiger partial charge in [-0.05, 0) is 43.7 Å². The van der Waals surface area contributed by atoms with E-state index in [0.717, 1.165) is 16.1 Å². The van der Waals surface area contributed by atoms with Crippen LogP contribution >= 0.6 is 0 Å². The number of nitrogens with zero attached hydrogens (tertiary/aromatic N) is 1. The second kappa shape index (κ2) is 8.73. The number of sulfonamides is 1. The molecule has 1 N–H and O–H groups in total. The Bertz CT molecular complexity index is 925. The van der Waals surface area contributed by atoms with E-state index in [1.54, 1.807) is 55.5 Å². The fourth-order valence-corrected chi connectivity index (χ4v) is 3.81. The number of amides is 1. The summed E-state index contributed by atoms with van der Waals surface area (Å²) in [6.45, 7) is 7.36. The van der Waals surface area contributed by atoms with Crippen LogP contribution in [0.3, 0.4) is 0 Å². The Labute approximate surface area is 160 Å². The maximum atomic E-state index is 12.7. The molecule has 1 atom stereocenters. The van der Waals surface area contributed by atoms with E-state index in [1.165, 1.54) is 0 Å². The summed E-state index contributed by atoms with van der Waals surface area (Å²) in [5.74, 6) is 0.141. The first-order valence-corrected chi connectivity index (χ1v) is 10.3. The van der Waals surface area contributed by atoms with Gasteiger partial charge in [-0.25, -0.2) is 8.42 Å². The molecule has 2 rings (SSSR count). The third-order valence-corrected chi connectivity index (χ3v) is 5.06. The molecule has 0 heterocycles. The van der Waals surface area contributed by atoms with Crippen molar-refractivity contribution in [3.63, 3.8) is 0 Å². The molecule has 0 aliphatic rings. The van der Waals surface area contributed by atoms with E-state index >= 15 is 0 Å². The molecule has 2 aromatic carbocycles. The highest BCUT2D eigenvalue weighted by Gasteiger charge is 2.29. The number of anilines is 2. The van der Waals surface area contributed by atoms with Crippen LogP contribution in [0.15, 0.2) is 61.2 Å². The number of carbonyl (C=O) groups is 1. The molecule has 0 saturated heterocycles. The quantitative estimate of drug-likeness (QED) is 0.704. The van der Waals surface area contributed by atoms with Gasteiger partial charge in [-0.2, -0.15) is 0 Å². The fourth-order valence-electron chi connectivity index (χ4n) is 2.64. The monoisotopic (exact) mass is 388 g/mol. The molecular formula is C20H24N2O4S. The van der Waals surface area contributed by atoms with Gasteiger partial charge in [0.1, 0.15) is 18.4 Å². The van der Waals surface area contributed by atoms with Gasteiger partial charge in [-0.1, -0.05) is 30.9 Å². The SMILES string of the molecule is C=CCOc1cccc(NC(=O)C(C)N(c2cccc(C)c2)S(C)(=O)=O)c1. The van der Waals surface area contributed by atoms with Crippen LogP contribution < -0.4 is 14.4 Å². The molecule has 7 heteroatoms. The number of ether oxygens (including phenoxy) is 1. The first kappa shape index (κ1) is 20.5. The van der Waals surface area contributed by atoms with Gasteiger partial charge < -0.3 is 10.1 Å². The van der Waals surface area contributed by atoms with Gasteiger partial charge in [0.05, 0.1) is 11.9 Å². The van der Waals surface area contributed by atoms with E-state index in [1.807, 2.05) is 13.0 Å². The van der Waals surface area contributed by atoms with Crippen molar-refractivity contribution in [2.24, 2.45) is 0 Å². The molecule has 0 saturated carbocycles. The van der Waals surface area contributed by atoms with Crippen molar-refractivity contribution in [2.45, 2.75) is 19.9 Å². The maximum absolute atomic E-state index is 12.7. The minimum absolute atomic E-state index is 0.350. The second-order valence-corrected chi connectivity index (χ2v) is 8.05. The number of hydrogen-bond donors (Lipinski definition) is 1. The Morgan fingerprint density at radius 3 is 2.59 bits per heavy atom. The Kier molecular flexibility index (Phi) is 6.63. The summed E-state index contributed by atoms with van der Waals surface area (Å²) in [5.41, 5.74) is 1.87. The van der Waals surface area contributed by atoms with Crippen molar-refractivity contribution in [3.8, 4) is 5.75 Å². The highest BCUT2D eigenvalue weighted by Crippen LogP contribution is 2.23. The average molecular weight is 388 g/mol. The molecule has 1 unspecified atom stereocenters. The Balaban J connectivity index is 2.24. The molecule has 0 fully saturated rings. The molecule has 0 radical (unpaired) electrons. The van der Waals surface area contributed by atoms with E-state index in [2.05, 4.69) is 11.9 Å². The molecule has 27 heavy (non-hydrogen) atoms. The third-order valence-electron chi connectivity index (χ3n) is 3.81. The maximum Gasteiger partial charge on any atom is 0.247 e. The number of hydrogen-bond acceptors (Lipinski definition) is 4. The van der Waals surface area contributed by atoms with Crippen molar-refractivity contribution < 1.29 is 17.9 Å². The van der Waals surface area contributed by atoms with Crippen LogP contribution in [0.25, 0.3) is 0 Å². The van der Waals surface area contributed by atoms with Crippen LogP contribution in [-0.4, -0.2) is 33.2 Å². The lowest BCUT2D eigenvalue weighted by Gasteiger charge is -2.28. The molecular weight excluding hydrogens is 364 g/mol. The molecule has 0 bridgehead atoms. The van der Waals surface area contributed by atoms with E-state index in [0.29, 0.717) is 23.7 Å². The van der Waals surface area contributed by atoms with Gasteiger partial charge in [0.15, 0.2) is 0 Å². The van der Waals surface area contributed by atoms with E-state index in [4.69, 9.17) is 4.74 Å². The standard InChI is InChI=1S/C20H24N2O4S/c1-5-12-26-19-11-7-9-17(14-19)21-20(23)16(3)22(27(4,24)25)18-10-6-8-15(2)13-18/h5-11,13-14,16H,1,12H2,2-4H3,(H,21,23). The topological polar surface area (TPSA) is 75.7 Å². The number of benzene rings is 2. The minimum Gasteiger partial charge on any atom is -0.489 e. The van der Waals surface area contributed by atoms with Crippen molar-refractivity contribution in [1.29, 1.82) is 0 Å². The molecule has 6 nitrogen and oxygen atoms in total. The Hall–Kier alpha value is -2.80. The van der Waals surface area contributed by atoms with Crippen LogP contribution in [-0.2, 0) is 14.8 Å². The van der Waals surface area contributed by atoms with Crippen molar-refractivity contribution >= 4 is 27.3 Å². The zero-order valence-corrected chi connectivity index (χ0v) is 16.5. The smallest absolute Gasteiger partial charge is 0.247 e. The normalized spacial score (nSPS) is 12.1. The molecule has 0 aromatic heterocycles.